The number of halogens is 1. The maximum Gasteiger partial charge on any atom is 0.413 e. The molecule has 138 valence electrons. The van der Waals surface area contributed by atoms with Gasteiger partial charge in [0.2, 0.25) is 0 Å². The van der Waals surface area contributed by atoms with E-state index in [2.05, 4.69) is 15.0 Å². The molecule has 7 heteroatoms. The van der Waals surface area contributed by atoms with E-state index in [4.69, 9.17) is 11.6 Å². The van der Waals surface area contributed by atoms with Gasteiger partial charge in [-0.05, 0) is 55.5 Å². The lowest BCUT2D eigenvalue weighted by Crippen LogP contribution is -2.25. The number of anilines is 2. The van der Waals surface area contributed by atoms with Crippen molar-refractivity contribution in [3.63, 3.8) is 0 Å². The molecule has 0 fully saturated rings. The summed E-state index contributed by atoms with van der Waals surface area (Å²) in [6.45, 7) is 1.79. The van der Waals surface area contributed by atoms with Crippen molar-refractivity contribution in [2.45, 2.75) is 6.92 Å². The number of carbonyl (C=O) groups is 2. The van der Waals surface area contributed by atoms with Crippen LogP contribution in [0.25, 0.3) is 10.9 Å². The van der Waals surface area contributed by atoms with Crippen molar-refractivity contribution >= 4 is 45.9 Å². The second-order valence-corrected chi connectivity index (χ2v) is 6.42. The van der Waals surface area contributed by atoms with Gasteiger partial charge in [-0.1, -0.05) is 11.6 Å². The summed E-state index contributed by atoms with van der Waals surface area (Å²) in [5.74, 6) is -0.268. The van der Waals surface area contributed by atoms with Gasteiger partial charge in [0, 0.05) is 28.8 Å². The minimum atomic E-state index is -0.469. The van der Waals surface area contributed by atoms with E-state index in [0.717, 1.165) is 10.9 Å². The molecule has 0 aliphatic rings. The molecule has 27 heavy (non-hydrogen) atoms. The molecule has 2 amide bonds. The number of fused-ring (bicyclic) bond motifs is 1. The third kappa shape index (κ3) is 4.01. The number of hydrogen-bond acceptors (Lipinski definition) is 4. The molecule has 3 aromatic rings. The van der Waals surface area contributed by atoms with Gasteiger partial charge in [-0.2, -0.15) is 0 Å². The van der Waals surface area contributed by atoms with Gasteiger partial charge in [-0.15, -0.1) is 0 Å². The third-order valence-electron chi connectivity index (χ3n) is 4.17. The fourth-order valence-electron chi connectivity index (χ4n) is 2.68. The first-order chi connectivity index (χ1) is 12.9. The topological polar surface area (TPSA) is 71.5 Å². The van der Waals surface area contributed by atoms with Crippen molar-refractivity contribution in [1.29, 1.82) is 0 Å². The summed E-state index contributed by atoms with van der Waals surface area (Å²) in [5.41, 5.74) is 3.14. The van der Waals surface area contributed by atoms with Gasteiger partial charge < -0.3 is 10.1 Å². The van der Waals surface area contributed by atoms with Crippen LogP contribution in [-0.4, -0.2) is 31.1 Å². The van der Waals surface area contributed by atoms with Crippen LogP contribution in [0.1, 0.15) is 16.1 Å². The molecule has 6 nitrogen and oxygen atoms in total. The maximum atomic E-state index is 12.7. The summed E-state index contributed by atoms with van der Waals surface area (Å²) in [7, 11) is 2.93. The molecule has 0 spiro atoms. The molecule has 0 unspecified atom stereocenters. The Labute approximate surface area is 161 Å². The first-order valence-corrected chi connectivity index (χ1v) is 8.57. The Morgan fingerprint density at radius 2 is 1.81 bits per heavy atom. The Morgan fingerprint density at radius 3 is 2.48 bits per heavy atom. The molecular formula is C20H18ClN3O3. The van der Waals surface area contributed by atoms with Crippen LogP contribution in [0.3, 0.4) is 0 Å². The number of hydrogen-bond donors (Lipinski definition) is 1. The van der Waals surface area contributed by atoms with E-state index < -0.39 is 6.09 Å². The van der Waals surface area contributed by atoms with Crippen LogP contribution >= 0.6 is 11.6 Å². The zero-order valence-electron chi connectivity index (χ0n) is 15.1. The van der Waals surface area contributed by atoms with Crippen LogP contribution in [0, 0.1) is 6.92 Å². The number of ether oxygens (including phenoxy) is 1. The molecule has 2 aromatic carbocycles. The lowest BCUT2D eigenvalue weighted by Gasteiger charge is -2.16. The van der Waals surface area contributed by atoms with E-state index in [9.17, 15) is 9.59 Å². The van der Waals surface area contributed by atoms with E-state index >= 15 is 0 Å². The van der Waals surface area contributed by atoms with Gasteiger partial charge in [0.05, 0.1) is 23.9 Å². The molecule has 0 saturated carbocycles. The first-order valence-electron chi connectivity index (χ1n) is 8.19. The van der Waals surface area contributed by atoms with Crippen molar-refractivity contribution in [2.24, 2.45) is 0 Å². The van der Waals surface area contributed by atoms with Gasteiger partial charge in [-0.3, -0.25) is 14.7 Å². The highest BCUT2D eigenvalue weighted by Crippen LogP contribution is 2.22. The van der Waals surface area contributed by atoms with E-state index in [1.807, 2.05) is 6.07 Å². The van der Waals surface area contributed by atoms with Crippen molar-refractivity contribution in [3.8, 4) is 0 Å². The SMILES string of the molecule is COC(=O)N(C)c1ccc(NC(=O)c2cc3cc(Cl)ccc3nc2C)cc1. The number of aromatic nitrogens is 1. The molecule has 0 bridgehead atoms. The Hall–Kier alpha value is -3.12. The fourth-order valence-corrected chi connectivity index (χ4v) is 2.86. The highest BCUT2D eigenvalue weighted by molar-refractivity contribution is 6.31. The monoisotopic (exact) mass is 383 g/mol. The summed E-state index contributed by atoms with van der Waals surface area (Å²) in [5, 5.41) is 4.23. The molecule has 3 rings (SSSR count). The van der Waals surface area contributed by atoms with Crippen LogP contribution < -0.4 is 10.2 Å². The average molecular weight is 384 g/mol. The standard InChI is InChI=1S/C20H18ClN3O3/c1-12-17(11-13-10-14(21)4-9-18(13)22-12)19(25)23-15-5-7-16(8-6-15)24(2)20(26)27-3/h4-11H,1-3H3,(H,23,25). The first kappa shape index (κ1) is 18.7. The molecule has 0 saturated heterocycles. The number of carbonyl (C=O) groups excluding carboxylic acids is 2. The molecule has 1 heterocycles. The lowest BCUT2D eigenvalue weighted by molar-refractivity contribution is 0.102. The van der Waals surface area contributed by atoms with E-state index in [-0.39, 0.29) is 5.91 Å². The zero-order chi connectivity index (χ0) is 19.6. The highest BCUT2D eigenvalue weighted by Gasteiger charge is 2.14. The van der Waals surface area contributed by atoms with Crippen LogP contribution in [0.2, 0.25) is 5.02 Å². The summed E-state index contributed by atoms with van der Waals surface area (Å²) in [6.07, 6.45) is -0.469. The quantitative estimate of drug-likeness (QED) is 0.714. The highest BCUT2D eigenvalue weighted by atomic mass is 35.5. The Bertz CT molecular complexity index is 1020. The van der Waals surface area contributed by atoms with Crippen molar-refractivity contribution < 1.29 is 14.3 Å². The Morgan fingerprint density at radius 1 is 1.11 bits per heavy atom. The minimum absolute atomic E-state index is 0.268. The molecule has 1 aromatic heterocycles. The van der Waals surface area contributed by atoms with Gasteiger partial charge in [0.15, 0.2) is 0 Å². The summed E-state index contributed by atoms with van der Waals surface area (Å²) >= 11 is 6.03. The van der Waals surface area contributed by atoms with Crippen molar-refractivity contribution in [3.05, 3.63) is 64.8 Å². The molecule has 0 radical (unpaired) electrons. The average Bonchev–Trinajstić information content (AvgIpc) is 2.67. The van der Waals surface area contributed by atoms with Crippen LogP contribution in [0.5, 0.6) is 0 Å². The Kier molecular flexibility index (Phi) is 5.28. The second kappa shape index (κ2) is 7.63. The number of benzene rings is 2. The van der Waals surface area contributed by atoms with Gasteiger partial charge >= 0.3 is 6.09 Å². The summed E-state index contributed by atoms with van der Waals surface area (Å²) in [4.78, 5) is 30.1. The fraction of sp³-hybridized carbons (Fsp3) is 0.150. The van der Waals surface area contributed by atoms with Crippen LogP contribution in [-0.2, 0) is 4.74 Å². The maximum absolute atomic E-state index is 12.7. The normalized spacial score (nSPS) is 10.5. The molecule has 0 aliphatic carbocycles. The lowest BCUT2D eigenvalue weighted by atomic mass is 10.1. The number of aryl methyl sites for hydroxylation is 1. The van der Waals surface area contributed by atoms with E-state index in [1.165, 1.54) is 12.0 Å². The van der Waals surface area contributed by atoms with Crippen molar-refractivity contribution in [2.75, 3.05) is 24.4 Å². The molecule has 0 aliphatic heterocycles. The predicted octanol–water partition coefficient (Wildman–Crippen LogP) is 4.65. The number of rotatable bonds is 3. The van der Waals surface area contributed by atoms with Gasteiger partial charge in [0.25, 0.3) is 5.91 Å². The van der Waals surface area contributed by atoms with Crippen LogP contribution in [0.15, 0.2) is 48.5 Å². The van der Waals surface area contributed by atoms with E-state index in [0.29, 0.717) is 27.7 Å². The number of nitrogens with one attached hydrogen (secondary N) is 1. The number of nitrogens with zero attached hydrogens (tertiary/aromatic N) is 2. The zero-order valence-corrected chi connectivity index (χ0v) is 15.9. The van der Waals surface area contributed by atoms with Crippen molar-refractivity contribution in [1.82, 2.24) is 4.98 Å². The number of pyridine rings is 1. The largest absolute Gasteiger partial charge is 0.452 e. The summed E-state index contributed by atoms with van der Waals surface area (Å²) in [6, 6.07) is 14.0. The van der Waals surface area contributed by atoms with E-state index in [1.54, 1.807) is 56.4 Å². The molecular weight excluding hydrogens is 366 g/mol. The van der Waals surface area contributed by atoms with Gasteiger partial charge in [-0.25, -0.2) is 4.79 Å². The Balaban J connectivity index is 1.82. The summed E-state index contributed by atoms with van der Waals surface area (Å²) < 4.78 is 4.68. The number of amides is 2. The van der Waals surface area contributed by atoms with Gasteiger partial charge in [0.1, 0.15) is 0 Å². The van der Waals surface area contributed by atoms with Crippen LogP contribution in [0.4, 0.5) is 16.2 Å². The predicted molar refractivity (Wildman–Crippen MR) is 107 cm³/mol. The molecule has 1 N–H and O–H groups in total. The third-order valence-corrected chi connectivity index (χ3v) is 4.41. The number of methoxy groups -OCH3 is 1. The minimum Gasteiger partial charge on any atom is -0.452 e. The second-order valence-electron chi connectivity index (χ2n) is 5.99. The smallest absolute Gasteiger partial charge is 0.413 e. The molecule has 0 atom stereocenters.